The minimum atomic E-state index is -4.25. The van der Waals surface area contributed by atoms with Crippen LogP contribution in [0.4, 0.5) is 4.39 Å². The van der Waals surface area contributed by atoms with Gasteiger partial charge in [0.2, 0.25) is 6.01 Å². The Labute approximate surface area is 92.1 Å². The van der Waals surface area contributed by atoms with Crippen molar-refractivity contribution in [2.75, 3.05) is 13.1 Å². The Hall–Kier alpha value is -1.81. The number of halogens is 1. The third kappa shape index (κ3) is 2.84. The van der Waals surface area contributed by atoms with Crippen LogP contribution >= 0.6 is 0 Å². The summed E-state index contributed by atoms with van der Waals surface area (Å²) in [5.74, 6) is -0.102. The van der Waals surface area contributed by atoms with E-state index in [4.69, 9.17) is 10.00 Å². The Balaban J connectivity index is 3.11. The summed E-state index contributed by atoms with van der Waals surface area (Å²) in [6.07, 6.45) is 0. The standard InChI is InChI=1S/C9H8FNO4S/c1-14-9-4-7(5-11)2-3-8(9)15-16(12,13)6-10/h2-4H,6H2,1H3. The van der Waals surface area contributed by atoms with Crippen molar-refractivity contribution in [1.82, 2.24) is 0 Å². The summed E-state index contributed by atoms with van der Waals surface area (Å²) >= 11 is 0. The number of alkyl halides is 1. The van der Waals surface area contributed by atoms with E-state index in [2.05, 4.69) is 4.18 Å². The smallest absolute Gasteiger partial charge is 0.339 e. The monoisotopic (exact) mass is 245 g/mol. The van der Waals surface area contributed by atoms with Crippen LogP contribution in [0.2, 0.25) is 0 Å². The summed E-state index contributed by atoms with van der Waals surface area (Å²) in [6, 6.07) is 4.08. The van der Waals surface area contributed by atoms with Crippen LogP contribution in [-0.4, -0.2) is 21.5 Å². The van der Waals surface area contributed by atoms with Crippen molar-refractivity contribution in [2.45, 2.75) is 0 Å². The second-order valence-electron chi connectivity index (χ2n) is 2.73. The summed E-state index contributed by atoms with van der Waals surface area (Å²) in [5.41, 5.74) is 0.279. The van der Waals surface area contributed by atoms with Gasteiger partial charge in [-0.2, -0.15) is 13.7 Å². The maximum Gasteiger partial charge on any atom is 0.339 e. The Bertz CT molecular complexity index is 521. The van der Waals surface area contributed by atoms with E-state index in [0.29, 0.717) is 0 Å². The number of ether oxygens (including phenoxy) is 1. The molecule has 0 aliphatic heterocycles. The molecule has 0 aromatic heterocycles. The number of nitriles is 1. The summed E-state index contributed by atoms with van der Waals surface area (Å²) in [4.78, 5) is 0. The first-order valence-electron chi connectivity index (χ1n) is 4.08. The lowest BCUT2D eigenvalue weighted by Crippen LogP contribution is -2.11. The third-order valence-electron chi connectivity index (χ3n) is 1.64. The van der Waals surface area contributed by atoms with Gasteiger partial charge >= 0.3 is 10.1 Å². The van der Waals surface area contributed by atoms with E-state index in [9.17, 15) is 12.8 Å². The quantitative estimate of drug-likeness (QED) is 0.745. The second kappa shape index (κ2) is 4.81. The minimum absolute atomic E-state index is 0.0519. The lowest BCUT2D eigenvalue weighted by atomic mass is 10.2. The SMILES string of the molecule is COc1cc(C#N)ccc1OS(=O)(=O)CF. The van der Waals surface area contributed by atoms with Gasteiger partial charge in [0.25, 0.3) is 0 Å². The van der Waals surface area contributed by atoms with E-state index < -0.39 is 16.1 Å². The van der Waals surface area contributed by atoms with Crippen LogP contribution < -0.4 is 8.92 Å². The van der Waals surface area contributed by atoms with Gasteiger partial charge in [-0.05, 0) is 12.1 Å². The van der Waals surface area contributed by atoms with Crippen LogP contribution in [0.3, 0.4) is 0 Å². The van der Waals surface area contributed by atoms with Crippen molar-refractivity contribution < 1.29 is 21.7 Å². The van der Waals surface area contributed by atoms with E-state index in [1.165, 1.54) is 25.3 Å². The number of nitrogens with zero attached hydrogens (tertiary/aromatic N) is 1. The normalized spacial score (nSPS) is 10.6. The molecule has 5 nitrogen and oxygen atoms in total. The average molecular weight is 245 g/mol. The van der Waals surface area contributed by atoms with E-state index >= 15 is 0 Å². The average Bonchev–Trinajstić information content (AvgIpc) is 2.29. The molecule has 0 atom stereocenters. The zero-order valence-electron chi connectivity index (χ0n) is 8.31. The maximum atomic E-state index is 12.0. The number of hydrogen-bond acceptors (Lipinski definition) is 5. The maximum absolute atomic E-state index is 12.0. The number of benzene rings is 1. The molecule has 0 saturated carbocycles. The van der Waals surface area contributed by atoms with Crippen LogP contribution in [0.1, 0.15) is 5.56 Å². The largest absolute Gasteiger partial charge is 0.493 e. The van der Waals surface area contributed by atoms with Crippen molar-refractivity contribution >= 4 is 10.1 Å². The van der Waals surface area contributed by atoms with Gasteiger partial charge < -0.3 is 8.92 Å². The fourth-order valence-electron chi connectivity index (χ4n) is 0.965. The molecule has 0 bridgehead atoms. The molecular formula is C9H8FNO4S. The van der Waals surface area contributed by atoms with E-state index in [1.807, 2.05) is 6.07 Å². The van der Waals surface area contributed by atoms with Gasteiger partial charge in [0.15, 0.2) is 11.5 Å². The van der Waals surface area contributed by atoms with Crippen molar-refractivity contribution in [2.24, 2.45) is 0 Å². The van der Waals surface area contributed by atoms with Crippen molar-refractivity contribution in [3.8, 4) is 17.6 Å². The van der Waals surface area contributed by atoms with Gasteiger partial charge in [-0.25, -0.2) is 4.39 Å². The molecule has 7 heteroatoms. The van der Waals surface area contributed by atoms with Gasteiger partial charge in [0, 0.05) is 6.07 Å². The fourth-order valence-corrected chi connectivity index (χ4v) is 1.42. The first-order valence-corrected chi connectivity index (χ1v) is 5.66. The van der Waals surface area contributed by atoms with E-state index in [-0.39, 0.29) is 17.1 Å². The van der Waals surface area contributed by atoms with Crippen LogP contribution in [0.15, 0.2) is 18.2 Å². The Morgan fingerprint density at radius 2 is 2.12 bits per heavy atom. The molecule has 0 aliphatic carbocycles. The van der Waals surface area contributed by atoms with E-state index in [0.717, 1.165) is 0 Å². The zero-order valence-corrected chi connectivity index (χ0v) is 9.12. The van der Waals surface area contributed by atoms with Crippen molar-refractivity contribution in [3.63, 3.8) is 0 Å². The molecule has 0 fully saturated rings. The highest BCUT2D eigenvalue weighted by atomic mass is 32.2. The van der Waals surface area contributed by atoms with Gasteiger partial charge in [0.1, 0.15) is 0 Å². The molecule has 1 aromatic rings. The predicted molar refractivity (Wildman–Crippen MR) is 53.2 cm³/mol. The molecule has 0 heterocycles. The van der Waals surface area contributed by atoms with Crippen LogP contribution in [-0.2, 0) is 10.1 Å². The minimum Gasteiger partial charge on any atom is -0.493 e. The van der Waals surface area contributed by atoms with Gasteiger partial charge in [0.05, 0.1) is 18.7 Å². The molecule has 1 aromatic carbocycles. The predicted octanol–water partition coefficient (Wildman–Crippen LogP) is 1.20. The molecule has 0 radical (unpaired) electrons. The molecule has 0 amide bonds. The second-order valence-corrected chi connectivity index (χ2v) is 4.23. The number of hydrogen-bond donors (Lipinski definition) is 0. The molecule has 0 saturated heterocycles. The summed E-state index contributed by atoms with van der Waals surface area (Å²) < 4.78 is 43.0. The molecular weight excluding hydrogens is 237 g/mol. The topological polar surface area (TPSA) is 76.4 Å². The lowest BCUT2D eigenvalue weighted by Gasteiger charge is -2.08. The molecule has 0 unspecified atom stereocenters. The highest BCUT2D eigenvalue weighted by molar-refractivity contribution is 7.86. The molecule has 16 heavy (non-hydrogen) atoms. The van der Waals surface area contributed by atoms with Crippen LogP contribution in [0.5, 0.6) is 11.5 Å². The molecule has 86 valence electrons. The zero-order chi connectivity index (χ0) is 12.2. The third-order valence-corrected chi connectivity index (χ3v) is 2.34. The highest BCUT2D eigenvalue weighted by Gasteiger charge is 2.15. The van der Waals surface area contributed by atoms with Gasteiger partial charge in [-0.3, -0.25) is 0 Å². The molecule has 0 N–H and O–H groups in total. The van der Waals surface area contributed by atoms with E-state index in [1.54, 1.807) is 0 Å². The van der Waals surface area contributed by atoms with Crippen molar-refractivity contribution in [3.05, 3.63) is 23.8 Å². The molecule has 1 rings (SSSR count). The lowest BCUT2D eigenvalue weighted by molar-refractivity contribution is 0.386. The van der Waals surface area contributed by atoms with Crippen molar-refractivity contribution in [1.29, 1.82) is 5.26 Å². The summed E-state index contributed by atoms with van der Waals surface area (Å²) in [5, 5.41) is 8.60. The van der Waals surface area contributed by atoms with Gasteiger partial charge in [-0.15, -0.1) is 0 Å². The first kappa shape index (κ1) is 12.3. The summed E-state index contributed by atoms with van der Waals surface area (Å²) in [7, 11) is -2.97. The summed E-state index contributed by atoms with van der Waals surface area (Å²) in [6.45, 7) is 0. The molecule has 0 spiro atoms. The Morgan fingerprint density at radius 1 is 1.44 bits per heavy atom. The Morgan fingerprint density at radius 3 is 2.62 bits per heavy atom. The highest BCUT2D eigenvalue weighted by Crippen LogP contribution is 2.29. The number of rotatable bonds is 4. The van der Waals surface area contributed by atoms with Gasteiger partial charge in [-0.1, -0.05) is 0 Å². The number of methoxy groups -OCH3 is 1. The fraction of sp³-hybridized carbons (Fsp3) is 0.222. The van der Waals surface area contributed by atoms with Crippen LogP contribution in [0, 0.1) is 11.3 Å². The first-order chi connectivity index (χ1) is 7.52. The Kier molecular flexibility index (Phi) is 3.68. The molecule has 0 aliphatic rings. The van der Waals surface area contributed by atoms with Crippen LogP contribution in [0.25, 0.3) is 0 Å².